The Balaban J connectivity index is 1.73. The highest BCUT2D eigenvalue weighted by Crippen LogP contribution is 2.32. The molecule has 1 N–H and O–H groups in total. The van der Waals surface area contributed by atoms with Crippen LogP contribution in [0, 0.1) is 5.92 Å². The minimum absolute atomic E-state index is 0.0890. The third-order valence-corrected chi connectivity index (χ3v) is 4.96. The van der Waals surface area contributed by atoms with Gasteiger partial charge in [-0.2, -0.15) is 0 Å². The van der Waals surface area contributed by atoms with Crippen molar-refractivity contribution in [3.63, 3.8) is 0 Å². The third kappa shape index (κ3) is 3.25. The first kappa shape index (κ1) is 15.3. The first-order valence-corrected chi connectivity index (χ1v) is 8.53. The molecule has 2 aromatic rings. The summed E-state index contributed by atoms with van der Waals surface area (Å²) in [6, 6.07) is 5.54. The van der Waals surface area contributed by atoms with Gasteiger partial charge < -0.3 is 10.1 Å². The maximum atomic E-state index is 12.1. The van der Waals surface area contributed by atoms with Crippen molar-refractivity contribution in [2.45, 2.75) is 25.7 Å². The summed E-state index contributed by atoms with van der Waals surface area (Å²) in [6.07, 6.45) is 4.26. The summed E-state index contributed by atoms with van der Waals surface area (Å²) in [6.45, 7) is 0. The fraction of sp³-hybridized carbons (Fsp3) is 0.375. The zero-order chi connectivity index (χ0) is 15.5. The van der Waals surface area contributed by atoms with Crippen LogP contribution in [0.2, 0.25) is 5.02 Å². The number of nitrogens with zero attached hydrogens (tertiary/aromatic N) is 1. The van der Waals surface area contributed by atoms with E-state index in [0.717, 1.165) is 36.9 Å². The second kappa shape index (κ2) is 6.67. The minimum Gasteiger partial charge on any atom is -0.495 e. The number of carbonyl (C=O) groups excluding carboxylic acids is 1. The molecule has 0 aliphatic heterocycles. The van der Waals surface area contributed by atoms with Gasteiger partial charge in [0.15, 0.2) is 5.13 Å². The quantitative estimate of drug-likeness (QED) is 0.887. The molecule has 3 rings (SSSR count). The van der Waals surface area contributed by atoms with Gasteiger partial charge in [0.1, 0.15) is 5.75 Å². The van der Waals surface area contributed by atoms with Crippen molar-refractivity contribution in [2.75, 3.05) is 12.4 Å². The second-order valence-electron chi connectivity index (χ2n) is 5.36. The Bertz CT molecular complexity index is 681. The van der Waals surface area contributed by atoms with Crippen LogP contribution in [-0.4, -0.2) is 18.0 Å². The highest BCUT2D eigenvalue weighted by atomic mass is 35.5. The van der Waals surface area contributed by atoms with Gasteiger partial charge in [-0.25, -0.2) is 4.98 Å². The Kier molecular flexibility index (Phi) is 4.64. The number of aromatic nitrogens is 1. The van der Waals surface area contributed by atoms with Crippen LogP contribution in [0.4, 0.5) is 5.13 Å². The zero-order valence-corrected chi connectivity index (χ0v) is 13.8. The number of rotatable bonds is 4. The predicted molar refractivity (Wildman–Crippen MR) is 89.7 cm³/mol. The molecule has 6 heteroatoms. The second-order valence-corrected chi connectivity index (χ2v) is 6.62. The fourth-order valence-corrected chi connectivity index (χ4v) is 3.67. The number of amides is 1. The molecule has 1 fully saturated rings. The zero-order valence-electron chi connectivity index (χ0n) is 12.3. The number of benzene rings is 1. The molecule has 0 atom stereocenters. The molecule has 0 spiro atoms. The summed E-state index contributed by atoms with van der Waals surface area (Å²) in [5.41, 5.74) is 1.71. The van der Waals surface area contributed by atoms with Crippen LogP contribution in [0.5, 0.6) is 5.75 Å². The van der Waals surface area contributed by atoms with Crippen molar-refractivity contribution in [3.05, 3.63) is 28.6 Å². The van der Waals surface area contributed by atoms with Crippen molar-refractivity contribution in [3.8, 4) is 17.0 Å². The van der Waals surface area contributed by atoms with Gasteiger partial charge >= 0.3 is 0 Å². The fourth-order valence-electron chi connectivity index (χ4n) is 2.68. The van der Waals surface area contributed by atoms with Gasteiger partial charge in [-0.15, -0.1) is 11.3 Å². The van der Waals surface area contributed by atoms with Crippen molar-refractivity contribution in [2.24, 2.45) is 5.92 Å². The van der Waals surface area contributed by atoms with Crippen molar-refractivity contribution < 1.29 is 9.53 Å². The monoisotopic (exact) mass is 336 g/mol. The van der Waals surface area contributed by atoms with Crippen molar-refractivity contribution in [1.82, 2.24) is 4.98 Å². The molecular formula is C16H17ClN2O2S. The lowest BCUT2D eigenvalue weighted by Gasteiger charge is -2.07. The van der Waals surface area contributed by atoms with Crippen LogP contribution in [0.1, 0.15) is 25.7 Å². The topological polar surface area (TPSA) is 51.2 Å². The first-order valence-electron chi connectivity index (χ1n) is 7.27. The van der Waals surface area contributed by atoms with Crippen LogP contribution in [0.25, 0.3) is 11.3 Å². The number of anilines is 1. The van der Waals surface area contributed by atoms with E-state index in [1.165, 1.54) is 11.3 Å². The summed E-state index contributed by atoms with van der Waals surface area (Å²) in [5.74, 6) is 0.865. The molecule has 0 saturated heterocycles. The molecular weight excluding hydrogens is 320 g/mol. The van der Waals surface area contributed by atoms with Gasteiger partial charge in [-0.3, -0.25) is 4.79 Å². The van der Waals surface area contributed by atoms with E-state index in [-0.39, 0.29) is 11.8 Å². The maximum Gasteiger partial charge on any atom is 0.229 e. The van der Waals surface area contributed by atoms with Crippen LogP contribution >= 0.6 is 22.9 Å². The van der Waals surface area contributed by atoms with Crippen LogP contribution in [-0.2, 0) is 4.79 Å². The normalized spacial score (nSPS) is 15.0. The van der Waals surface area contributed by atoms with E-state index in [1.807, 2.05) is 23.6 Å². The number of halogens is 1. The third-order valence-electron chi connectivity index (χ3n) is 3.91. The van der Waals surface area contributed by atoms with E-state index < -0.39 is 0 Å². The number of thiazole rings is 1. The van der Waals surface area contributed by atoms with Gasteiger partial charge in [-0.1, -0.05) is 24.4 Å². The number of nitrogens with one attached hydrogen (secondary N) is 1. The van der Waals surface area contributed by atoms with Gasteiger partial charge in [0.2, 0.25) is 5.91 Å². The van der Waals surface area contributed by atoms with Crippen LogP contribution in [0.3, 0.4) is 0 Å². The molecule has 1 saturated carbocycles. The Labute approximate surface area is 138 Å². The minimum atomic E-state index is 0.0890. The summed E-state index contributed by atoms with van der Waals surface area (Å²) in [5, 5.41) is 6.02. The molecule has 4 nitrogen and oxygen atoms in total. The van der Waals surface area contributed by atoms with E-state index >= 15 is 0 Å². The van der Waals surface area contributed by atoms with E-state index in [2.05, 4.69) is 10.3 Å². The van der Waals surface area contributed by atoms with E-state index in [1.54, 1.807) is 7.11 Å². The molecule has 0 radical (unpaired) electrons. The summed E-state index contributed by atoms with van der Waals surface area (Å²) < 4.78 is 5.14. The maximum absolute atomic E-state index is 12.1. The highest BCUT2D eigenvalue weighted by molar-refractivity contribution is 7.14. The lowest BCUT2D eigenvalue weighted by Crippen LogP contribution is -2.20. The average Bonchev–Trinajstić information content (AvgIpc) is 3.18. The lowest BCUT2D eigenvalue weighted by atomic mass is 10.1. The Hall–Kier alpha value is -1.59. The molecule has 1 amide bonds. The van der Waals surface area contributed by atoms with E-state index in [0.29, 0.717) is 15.9 Å². The van der Waals surface area contributed by atoms with Gasteiger partial charge in [0.25, 0.3) is 0 Å². The Morgan fingerprint density at radius 1 is 1.41 bits per heavy atom. The van der Waals surface area contributed by atoms with Crippen LogP contribution < -0.4 is 10.1 Å². The molecule has 1 aliphatic carbocycles. The Morgan fingerprint density at radius 3 is 2.86 bits per heavy atom. The van der Waals surface area contributed by atoms with E-state index in [9.17, 15) is 4.79 Å². The summed E-state index contributed by atoms with van der Waals surface area (Å²) in [4.78, 5) is 16.6. The highest BCUT2D eigenvalue weighted by Gasteiger charge is 2.23. The molecule has 22 heavy (non-hydrogen) atoms. The molecule has 0 unspecified atom stereocenters. The van der Waals surface area contributed by atoms with Crippen LogP contribution in [0.15, 0.2) is 23.6 Å². The number of hydrogen-bond donors (Lipinski definition) is 1. The molecule has 1 aromatic carbocycles. The van der Waals surface area contributed by atoms with Crippen molar-refractivity contribution in [1.29, 1.82) is 0 Å². The number of ether oxygens (including phenoxy) is 1. The molecule has 116 valence electrons. The largest absolute Gasteiger partial charge is 0.495 e. The molecule has 1 aromatic heterocycles. The Morgan fingerprint density at radius 2 is 2.18 bits per heavy atom. The molecule has 1 heterocycles. The molecule has 1 aliphatic rings. The number of hydrogen-bond acceptors (Lipinski definition) is 4. The van der Waals surface area contributed by atoms with Gasteiger partial charge in [0.05, 0.1) is 17.8 Å². The standard InChI is InChI=1S/C16H17ClN2O2S/c1-21-14-7-6-11(8-12(14)17)13-9-22-16(18-13)19-15(20)10-4-2-3-5-10/h6-10H,2-5H2,1H3,(H,18,19,20). The van der Waals surface area contributed by atoms with Gasteiger partial charge in [-0.05, 0) is 31.0 Å². The average molecular weight is 337 g/mol. The lowest BCUT2D eigenvalue weighted by molar-refractivity contribution is -0.119. The van der Waals surface area contributed by atoms with Crippen molar-refractivity contribution >= 4 is 34.0 Å². The van der Waals surface area contributed by atoms with E-state index in [4.69, 9.17) is 16.3 Å². The number of carbonyl (C=O) groups is 1. The first-order chi connectivity index (χ1) is 10.7. The predicted octanol–water partition coefficient (Wildman–Crippen LogP) is 4.60. The summed E-state index contributed by atoms with van der Waals surface area (Å²) in [7, 11) is 1.58. The molecule has 0 bridgehead atoms. The summed E-state index contributed by atoms with van der Waals surface area (Å²) >= 11 is 7.57. The SMILES string of the molecule is COc1ccc(-c2csc(NC(=O)C3CCCC3)n2)cc1Cl. The van der Waals surface area contributed by atoms with Gasteiger partial charge in [0, 0.05) is 16.9 Å². The number of methoxy groups -OCH3 is 1. The smallest absolute Gasteiger partial charge is 0.229 e.